The van der Waals surface area contributed by atoms with Crippen LogP contribution >= 0.6 is 0 Å². The number of fused-ring (bicyclic) bond motifs is 1. The number of benzene rings is 2. The second-order valence-electron chi connectivity index (χ2n) is 5.87. The fraction of sp³-hybridized carbons (Fsp3) is 0.235. The average Bonchev–Trinajstić information content (AvgIpc) is 2.81. The summed E-state index contributed by atoms with van der Waals surface area (Å²) in [4.78, 5) is 12.0. The van der Waals surface area contributed by atoms with Gasteiger partial charge in [0, 0.05) is 26.2 Å². The van der Waals surface area contributed by atoms with Crippen molar-refractivity contribution in [3.8, 4) is 0 Å². The molecule has 0 radical (unpaired) electrons. The molecule has 2 aromatic carbocycles. The van der Waals surface area contributed by atoms with Gasteiger partial charge >= 0.3 is 16.3 Å². The SMILES string of the molecule is CN(CCCN1c2ccc(F)cc2N(c2ccccc2)S1(=O)=O)C(=O)O. The highest BCUT2D eigenvalue weighted by Crippen LogP contribution is 2.45. The molecular weight excluding hydrogens is 361 g/mol. The summed E-state index contributed by atoms with van der Waals surface area (Å²) in [6.45, 7) is 0.269. The standard InChI is InChI=1S/C17H18FN3O4S/c1-19(17(22)23)10-5-11-20-15-9-8-13(18)12-16(15)21(26(20,24)25)14-6-3-2-4-7-14/h2-4,6-9,12H,5,10-11H2,1H3,(H,22,23). The molecule has 0 saturated carbocycles. The Morgan fingerprint density at radius 2 is 1.85 bits per heavy atom. The Hall–Kier alpha value is -2.81. The second kappa shape index (κ2) is 6.83. The lowest BCUT2D eigenvalue weighted by Crippen LogP contribution is -2.37. The lowest BCUT2D eigenvalue weighted by atomic mass is 10.2. The Bertz CT molecular complexity index is 921. The number of hydrogen-bond donors (Lipinski definition) is 1. The predicted molar refractivity (Wildman–Crippen MR) is 96.5 cm³/mol. The predicted octanol–water partition coefficient (Wildman–Crippen LogP) is 3.03. The van der Waals surface area contributed by atoms with Gasteiger partial charge in [0.25, 0.3) is 0 Å². The summed E-state index contributed by atoms with van der Waals surface area (Å²) in [7, 11) is -2.52. The summed E-state index contributed by atoms with van der Waals surface area (Å²) in [5.41, 5.74) is 1.01. The maximum Gasteiger partial charge on any atom is 0.407 e. The second-order valence-corrected chi connectivity index (χ2v) is 7.57. The van der Waals surface area contributed by atoms with E-state index in [1.165, 1.54) is 29.6 Å². The van der Waals surface area contributed by atoms with Crippen molar-refractivity contribution < 1.29 is 22.7 Å². The van der Waals surface area contributed by atoms with Crippen molar-refractivity contribution in [2.75, 3.05) is 28.7 Å². The summed E-state index contributed by atoms with van der Waals surface area (Å²) in [6.07, 6.45) is -0.774. The minimum absolute atomic E-state index is 0.0852. The third kappa shape index (κ3) is 3.17. The molecule has 0 unspecified atom stereocenters. The molecule has 1 N–H and O–H groups in total. The molecule has 1 heterocycles. The van der Waals surface area contributed by atoms with E-state index in [9.17, 15) is 17.6 Å². The Morgan fingerprint density at radius 1 is 1.15 bits per heavy atom. The quantitative estimate of drug-likeness (QED) is 0.866. The van der Waals surface area contributed by atoms with E-state index < -0.39 is 22.1 Å². The lowest BCUT2D eigenvalue weighted by Gasteiger charge is -2.22. The van der Waals surface area contributed by atoms with Crippen LogP contribution in [-0.4, -0.2) is 44.7 Å². The molecule has 0 saturated heterocycles. The molecule has 3 rings (SSSR count). The first-order valence-electron chi connectivity index (χ1n) is 7.94. The zero-order valence-corrected chi connectivity index (χ0v) is 14.9. The van der Waals surface area contributed by atoms with E-state index in [1.807, 2.05) is 0 Å². The zero-order chi connectivity index (χ0) is 18.9. The monoisotopic (exact) mass is 379 g/mol. The van der Waals surface area contributed by atoms with E-state index >= 15 is 0 Å². The van der Waals surface area contributed by atoms with Crippen LogP contribution in [0.3, 0.4) is 0 Å². The van der Waals surface area contributed by atoms with E-state index in [0.717, 1.165) is 9.21 Å². The minimum atomic E-state index is -3.94. The van der Waals surface area contributed by atoms with Gasteiger partial charge in [-0.25, -0.2) is 13.5 Å². The van der Waals surface area contributed by atoms with Gasteiger partial charge in [0.1, 0.15) is 5.82 Å². The van der Waals surface area contributed by atoms with Gasteiger partial charge in [-0.15, -0.1) is 0 Å². The maximum atomic E-state index is 13.8. The van der Waals surface area contributed by atoms with Crippen molar-refractivity contribution in [1.29, 1.82) is 0 Å². The summed E-state index contributed by atoms with van der Waals surface area (Å²) in [5.74, 6) is -0.535. The number of halogens is 1. The molecule has 0 atom stereocenters. The van der Waals surface area contributed by atoms with E-state index in [-0.39, 0.29) is 18.8 Å². The van der Waals surface area contributed by atoms with E-state index in [2.05, 4.69) is 0 Å². The first-order chi connectivity index (χ1) is 12.3. The average molecular weight is 379 g/mol. The molecule has 0 fully saturated rings. The van der Waals surface area contributed by atoms with Crippen molar-refractivity contribution in [1.82, 2.24) is 4.90 Å². The van der Waals surface area contributed by atoms with Crippen LogP contribution < -0.4 is 8.61 Å². The molecule has 26 heavy (non-hydrogen) atoms. The Morgan fingerprint density at radius 3 is 2.50 bits per heavy atom. The van der Waals surface area contributed by atoms with Crippen molar-refractivity contribution in [2.24, 2.45) is 0 Å². The zero-order valence-electron chi connectivity index (χ0n) is 14.0. The van der Waals surface area contributed by atoms with Gasteiger partial charge in [-0.3, -0.25) is 4.31 Å². The van der Waals surface area contributed by atoms with Gasteiger partial charge in [-0.2, -0.15) is 8.42 Å². The topological polar surface area (TPSA) is 81.2 Å². The smallest absolute Gasteiger partial charge is 0.407 e. The summed E-state index contributed by atoms with van der Waals surface area (Å²) >= 11 is 0. The number of hydrogen-bond acceptors (Lipinski definition) is 3. The van der Waals surface area contributed by atoms with Gasteiger partial charge in [-0.05, 0) is 30.7 Å². The first kappa shape index (κ1) is 18.0. The van der Waals surface area contributed by atoms with Crippen molar-refractivity contribution >= 4 is 33.4 Å². The van der Waals surface area contributed by atoms with Gasteiger partial charge in [0.05, 0.1) is 17.1 Å². The normalized spacial score (nSPS) is 15.0. The van der Waals surface area contributed by atoms with Crippen LogP contribution in [0.5, 0.6) is 0 Å². The van der Waals surface area contributed by atoms with Crippen molar-refractivity contribution in [2.45, 2.75) is 6.42 Å². The minimum Gasteiger partial charge on any atom is -0.465 e. The summed E-state index contributed by atoms with van der Waals surface area (Å²) in [6, 6.07) is 12.2. The molecule has 1 aliphatic rings. The van der Waals surface area contributed by atoms with Gasteiger partial charge in [0.2, 0.25) is 0 Å². The number of carbonyl (C=O) groups is 1. The Balaban J connectivity index is 1.95. The van der Waals surface area contributed by atoms with Crippen LogP contribution in [0, 0.1) is 5.82 Å². The molecule has 138 valence electrons. The highest BCUT2D eigenvalue weighted by atomic mass is 32.2. The molecule has 0 aliphatic carbocycles. The number of nitrogens with zero attached hydrogens (tertiary/aromatic N) is 3. The fourth-order valence-electron chi connectivity index (χ4n) is 2.84. The van der Waals surface area contributed by atoms with Crippen LogP contribution in [0.2, 0.25) is 0 Å². The van der Waals surface area contributed by atoms with Crippen LogP contribution in [0.15, 0.2) is 48.5 Å². The molecule has 1 aliphatic heterocycles. The Kier molecular flexibility index (Phi) is 4.73. The third-order valence-corrected chi connectivity index (χ3v) is 5.91. The summed E-state index contributed by atoms with van der Waals surface area (Å²) < 4.78 is 42.2. The number of carboxylic acid groups (broad SMARTS) is 1. The van der Waals surface area contributed by atoms with Crippen LogP contribution in [0.25, 0.3) is 0 Å². The van der Waals surface area contributed by atoms with E-state index in [4.69, 9.17) is 5.11 Å². The molecular formula is C17H18FN3O4S. The first-order valence-corrected chi connectivity index (χ1v) is 9.33. The molecule has 1 amide bonds. The fourth-order valence-corrected chi connectivity index (χ4v) is 4.58. The van der Waals surface area contributed by atoms with Crippen molar-refractivity contribution in [3.05, 3.63) is 54.3 Å². The van der Waals surface area contributed by atoms with Gasteiger partial charge < -0.3 is 10.0 Å². The molecule has 0 aromatic heterocycles. The van der Waals surface area contributed by atoms with Gasteiger partial charge in [-0.1, -0.05) is 18.2 Å². The molecule has 0 spiro atoms. The van der Waals surface area contributed by atoms with Crippen molar-refractivity contribution in [3.63, 3.8) is 0 Å². The molecule has 9 heteroatoms. The largest absolute Gasteiger partial charge is 0.465 e. The lowest BCUT2D eigenvalue weighted by molar-refractivity contribution is 0.156. The number of amides is 1. The van der Waals surface area contributed by atoms with E-state index in [0.29, 0.717) is 17.8 Å². The third-order valence-electron chi connectivity index (χ3n) is 4.11. The Labute approximate surface area is 151 Å². The number of anilines is 3. The highest BCUT2D eigenvalue weighted by Gasteiger charge is 2.41. The summed E-state index contributed by atoms with van der Waals surface area (Å²) in [5, 5.41) is 8.90. The molecule has 0 bridgehead atoms. The molecule has 7 nitrogen and oxygen atoms in total. The van der Waals surface area contributed by atoms with Crippen LogP contribution in [0.4, 0.5) is 26.2 Å². The van der Waals surface area contributed by atoms with E-state index in [1.54, 1.807) is 30.3 Å². The van der Waals surface area contributed by atoms with Crippen LogP contribution in [0.1, 0.15) is 6.42 Å². The number of rotatable bonds is 5. The number of para-hydroxylation sites is 1. The van der Waals surface area contributed by atoms with Gasteiger partial charge in [0.15, 0.2) is 0 Å². The van der Waals surface area contributed by atoms with Crippen LogP contribution in [-0.2, 0) is 10.2 Å². The highest BCUT2D eigenvalue weighted by molar-refractivity contribution is 7.95. The maximum absolute atomic E-state index is 13.8. The molecule has 2 aromatic rings.